The molecule has 24 heavy (non-hydrogen) atoms. The molecule has 124 valence electrons. The fourth-order valence-electron chi connectivity index (χ4n) is 2.98. The summed E-state index contributed by atoms with van der Waals surface area (Å²) in [5.74, 6) is 0.822. The van der Waals surface area contributed by atoms with E-state index in [-0.39, 0.29) is 6.03 Å². The van der Waals surface area contributed by atoms with Gasteiger partial charge in [0.05, 0.1) is 0 Å². The van der Waals surface area contributed by atoms with Gasteiger partial charge in [0.15, 0.2) is 5.82 Å². The second kappa shape index (κ2) is 7.25. The average molecular weight is 322 g/mol. The largest absolute Gasteiger partial charge is 0.324 e. The summed E-state index contributed by atoms with van der Waals surface area (Å²) in [6.45, 7) is 5.70. The van der Waals surface area contributed by atoms with Crippen LogP contribution in [0, 0.1) is 12.8 Å². The first-order valence-electron chi connectivity index (χ1n) is 8.22. The Kier molecular flexibility index (Phi) is 4.89. The maximum absolute atomic E-state index is 12.4. The minimum atomic E-state index is -0.114. The number of nitrogens with zero attached hydrogens (tertiary/aromatic N) is 3. The summed E-state index contributed by atoms with van der Waals surface area (Å²) in [5, 5.41) is 10.5. The standard InChI is InChI=1S/C19H22N4O/c1-14-5-3-6-16(11-14)12-17-8-10-23(13-15(17)2)19(24)21-18-7-4-9-20-22-18/h3-7,9,11-12,15H,8,10,13H2,1-2H3,(H,21,22,24). The van der Waals surface area contributed by atoms with Crippen LogP contribution in [0.5, 0.6) is 0 Å². The molecule has 1 N–H and O–H groups in total. The molecule has 1 aromatic heterocycles. The number of likely N-dealkylation sites (tertiary alicyclic amines) is 1. The van der Waals surface area contributed by atoms with Crippen molar-refractivity contribution in [1.29, 1.82) is 0 Å². The van der Waals surface area contributed by atoms with Crippen molar-refractivity contribution in [3.05, 3.63) is 59.3 Å². The van der Waals surface area contributed by atoms with Gasteiger partial charge in [0, 0.05) is 19.3 Å². The molecule has 0 bridgehead atoms. The Morgan fingerprint density at radius 2 is 2.21 bits per heavy atom. The molecule has 5 nitrogen and oxygen atoms in total. The van der Waals surface area contributed by atoms with Crippen LogP contribution in [0.3, 0.4) is 0 Å². The Morgan fingerprint density at radius 1 is 1.33 bits per heavy atom. The van der Waals surface area contributed by atoms with Crippen molar-refractivity contribution >= 4 is 17.9 Å². The summed E-state index contributed by atoms with van der Waals surface area (Å²) >= 11 is 0. The maximum Gasteiger partial charge on any atom is 0.323 e. The van der Waals surface area contributed by atoms with Crippen LogP contribution < -0.4 is 5.32 Å². The number of hydrogen-bond acceptors (Lipinski definition) is 3. The third kappa shape index (κ3) is 3.98. The normalized spacial score (nSPS) is 19.3. The first-order chi connectivity index (χ1) is 11.6. The Bertz CT molecular complexity index is 742. The first-order valence-corrected chi connectivity index (χ1v) is 8.22. The van der Waals surface area contributed by atoms with Gasteiger partial charge in [-0.3, -0.25) is 5.32 Å². The molecule has 3 rings (SSSR count). The van der Waals surface area contributed by atoms with Crippen LogP contribution in [0.1, 0.15) is 24.5 Å². The summed E-state index contributed by atoms with van der Waals surface area (Å²) in [6.07, 6.45) is 4.74. The fraction of sp³-hybridized carbons (Fsp3) is 0.316. The van der Waals surface area contributed by atoms with Crippen molar-refractivity contribution in [2.75, 3.05) is 18.4 Å². The van der Waals surface area contributed by atoms with Gasteiger partial charge in [-0.1, -0.05) is 48.4 Å². The van der Waals surface area contributed by atoms with E-state index < -0.39 is 0 Å². The predicted molar refractivity (Wildman–Crippen MR) is 95.6 cm³/mol. The lowest BCUT2D eigenvalue weighted by Crippen LogP contribution is -2.42. The number of carbonyl (C=O) groups is 1. The number of carbonyl (C=O) groups excluding carboxylic acids is 1. The maximum atomic E-state index is 12.4. The van der Waals surface area contributed by atoms with Gasteiger partial charge >= 0.3 is 6.03 Å². The van der Waals surface area contributed by atoms with E-state index in [4.69, 9.17) is 0 Å². The summed E-state index contributed by atoms with van der Waals surface area (Å²) in [6, 6.07) is 11.9. The van der Waals surface area contributed by atoms with E-state index in [1.165, 1.54) is 16.7 Å². The third-order valence-corrected chi connectivity index (χ3v) is 4.29. The van der Waals surface area contributed by atoms with E-state index in [2.05, 4.69) is 59.7 Å². The van der Waals surface area contributed by atoms with Crippen molar-refractivity contribution < 1.29 is 4.79 Å². The molecule has 1 fully saturated rings. The molecule has 1 unspecified atom stereocenters. The van der Waals surface area contributed by atoms with Gasteiger partial charge in [-0.2, -0.15) is 5.10 Å². The number of rotatable bonds is 2. The molecule has 2 heterocycles. The number of hydrogen-bond donors (Lipinski definition) is 1. The number of aryl methyl sites for hydroxylation is 1. The van der Waals surface area contributed by atoms with Gasteiger partial charge in [0.1, 0.15) is 0 Å². The van der Waals surface area contributed by atoms with E-state index in [9.17, 15) is 4.79 Å². The van der Waals surface area contributed by atoms with Crippen molar-refractivity contribution in [2.45, 2.75) is 20.3 Å². The lowest BCUT2D eigenvalue weighted by molar-refractivity contribution is 0.197. The van der Waals surface area contributed by atoms with Crippen LogP contribution in [0.25, 0.3) is 6.08 Å². The smallest absolute Gasteiger partial charge is 0.323 e. The summed E-state index contributed by atoms with van der Waals surface area (Å²) in [4.78, 5) is 14.2. The minimum absolute atomic E-state index is 0.114. The third-order valence-electron chi connectivity index (χ3n) is 4.29. The molecule has 2 aromatic rings. The Hall–Kier alpha value is -2.69. The van der Waals surface area contributed by atoms with E-state index in [1.807, 2.05) is 4.90 Å². The molecular weight excluding hydrogens is 300 g/mol. The molecule has 1 aliphatic heterocycles. The molecule has 0 radical (unpaired) electrons. The van der Waals surface area contributed by atoms with Gasteiger partial charge in [0.2, 0.25) is 0 Å². The first kappa shape index (κ1) is 16.2. The topological polar surface area (TPSA) is 58.1 Å². The second-order valence-corrected chi connectivity index (χ2v) is 6.27. The van der Waals surface area contributed by atoms with Crippen molar-refractivity contribution in [3.63, 3.8) is 0 Å². The number of urea groups is 1. The molecule has 1 aliphatic rings. The van der Waals surface area contributed by atoms with Crippen LogP contribution >= 0.6 is 0 Å². The quantitative estimate of drug-likeness (QED) is 0.916. The SMILES string of the molecule is Cc1cccc(C=C2CCN(C(=O)Nc3cccnn3)CC2C)c1. The summed E-state index contributed by atoms with van der Waals surface area (Å²) in [7, 11) is 0. The second-order valence-electron chi connectivity index (χ2n) is 6.27. The molecular formula is C19H22N4O. The van der Waals surface area contributed by atoms with E-state index >= 15 is 0 Å². The Labute approximate surface area is 142 Å². The number of aromatic nitrogens is 2. The molecule has 0 aliphatic carbocycles. The number of benzene rings is 1. The Balaban J connectivity index is 1.63. The molecule has 1 atom stereocenters. The lowest BCUT2D eigenvalue weighted by atomic mass is 9.91. The molecule has 1 aromatic carbocycles. The molecule has 1 saturated heterocycles. The molecule has 0 saturated carbocycles. The summed E-state index contributed by atoms with van der Waals surface area (Å²) in [5.41, 5.74) is 3.89. The van der Waals surface area contributed by atoms with Crippen LogP contribution in [0.15, 0.2) is 48.2 Å². The number of amides is 2. The van der Waals surface area contributed by atoms with Gasteiger partial charge in [-0.25, -0.2) is 4.79 Å². The Morgan fingerprint density at radius 3 is 2.92 bits per heavy atom. The molecule has 0 spiro atoms. The van der Waals surface area contributed by atoms with Gasteiger partial charge in [0.25, 0.3) is 0 Å². The monoisotopic (exact) mass is 322 g/mol. The highest BCUT2D eigenvalue weighted by molar-refractivity contribution is 5.88. The number of anilines is 1. The van der Waals surface area contributed by atoms with Crippen molar-refractivity contribution in [1.82, 2.24) is 15.1 Å². The van der Waals surface area contributed by atoms with Gasteiger partial charge in [-0.15, -0.1) is 5.10 Å². The number of piperidine rings is 1. The highest BCUT2D eigenvalue weighted by atomic mass is 16.2. The zero-order valence-electron chi connectivity index (χ0n) is 14.1. The lowest BCUT2D eigenvalue weighted by Gasteiger charge is -2.33. The van der Waals surface area contributed by atoms with Crippen LogP contribution in [-0.2, 0) is 0 Å². The highest BCUT2D eigenvalue weighted by Gasteiger charge is 2.24. The van der Waals surface area contributed by atoms with Crippen molar-refractivity contribution in [2.24, 2.45) is 5.92 Å². The fourth-order valence-corrected chi connectivity index (χ4v) is 2.98. The number of nitrogens with one attached hydrogen (secondary N) is 1. The van der Waals surface area contributed by atoms with Crippen LogP contribution in [-0.4, -0.2) is 34.2 Å². The summed E-state index contributed by atoms with van der Waals surface area (Å²) < 4.78 is 0. The predicted octanol–water partition coefficient (Wildman–Crippen LogP) is 3.74. The highest BCUT2D eigenvalue weighted by Crippen LogP contribution is 2.25. The molecule has 5 heteroatoms. The zero-order chi connectivity index (χ0) is 16.9. The van der Waals surface area contributed by atoms with Crippen LogP contribution in [0.4, 0.5) is 10.6 Å². The van der Waals surface area contributed by atoms with Crippen LogP contribution in [0.2, 0.25) is 0 Å². The average Bonchev–Trinajstić information content (AvgIpc) is 2.57. The minimum Gasteiger partial charge on any atom is -0.324 e. The van der Waals surface area contributed by atoms with Crippen molar-refractivity contribution in [3.8, 4) is 0 Å². The van der Waals surface area contributed by atoms with E-state index in [0.29, 0.717) is 24.8 Å². The van der Waals surface area contributed by atoms with Gasteiger partial charge < -0.3 is 4.90 Å². The zero-order valence-corrected chi connectivity index (χ0v) is 14.1. The van der Waals surface area contributed by atoms with E-state index in [1.54, 1.807) is 18.3 Å². The van der Waals surface area contributed by atoms with Gasteiger partial charge in [-0.05, 0) is 37.0 Å². The molecule has 2 amide bonds. The van der Waals surface area contributed by atoms with E-state index in [0.717, 1.165) is 6.42 Å².